The number of hydrogen-bond donors (Lipinski definition) is 0. The molecular weight excluding hydrogens is 348 g/mol. The first-order valence-corrected chi connectivity index (χ1v) is 7.57. The van der Waals surface area contributed by atoms with E-state index in [0.29, 0.717) is 18.8 Å². The number of carbonyl (C=O) groups is 1. The van der Waals surface area contributed by atoms with Gasteiger partial charge in [0, 0.05) is 17.8 Å². The molecule has 0 atom stereocenters. The number of rotatable bonds is 6. The average molecular weight is 365 g/mol. The first kappa shape index (κ1) is 16.5. The summed E-state index contributed by atoms with van der Waals surface area (Å²) in [7, 11) is 1.59. The van der Waals surface area contributed by atoms with E-state index < -0.39 is 6.09 Å². The topological polar surface area (TPSA) is 51.7 Å². The molecule has 1 heterocycles. The zero-order valence-electron chi connectivity index (χ0n) is 12.2. The molecule has 5 nitrogen and oxygen atoms in total. The fourth-order valence-electron chi connectivity index (χ4n) is 1.85. The molecule has 0 N–H and O–H groups in total. The number of methoxy groups -OCH3 is 1. The van der Waals surface area contributed by atoms with Crippen LogP contribution >= 0.6 is 15.9 Å². The van der Waals surface area contributed by atoms with Crippen LogP contribution in [0.15, 0.2) is 53.3 Å². The van der Waals surface area contributed by atoms with E-state index in [1.807, 2.05) is 36.4 Å². The summed E-state index contributed by atoms with van der Waals surface area (Å²) in [6, 6.07) is 11.4. The largest absolute Gasteiger partial charge is 0.444 e. The first-order valence-electron chi connectivity index (χ1n) is 6.78. The molecule has 1 aromatic carbocycles. The predicted octanol–water partition coefficient (Wildman–Crippen LogP) is 3.63. The molecule has 0 unspecified atom stereocenters. The SMILES string of the molecule is COCCN(C(=O)OCc1ccccc1)c1cncc(Br)c1. The average Bonchev–Trinajstić information content (AvgIpc) is 2.54. The molecule has 1 amide bonds. The summed E-state index contributed by atoms with van der Waals surface area (Å²) in [4.78, 5) is 17.9. The summed E-state index contributed by atoms with van der Waals surface area (Å²) in [6.07, 6.45) is 2.85. The lowest BCUT2D eigenvalue weighted by atomic mass is 10.2. The van der Waals surface area contributed by atoms with Crippen LogP contribution in [0.2, 0.25) is 0 Å². The fraction of sp³-hybridized carbons (Fsp3) is 0.250. The van der Waals surface area contributed by atoms with Crippen LogP contribution in [-0.4, -0.2) is 31.3 Å². The number of amides is 1. The number of pyridine rings is 1. The molecule has 0 saturated carbocycles. The number of aromatic nitrogens is 1. The number of anilines is 1. The van der Waals surface area contributed by atoms with Crippen LogP contribution in [0.5, 0.6) is 0 Å². The van der Waals surface area contributed by atoms with Crippen molar-refractivity contribution in [3.63, 3.8) is 0 Å². The molecule has 116 valence electrons. The Hall–Kier alpha value is -1.92. The standard InChI is InChI=1S/C16H17BrN2O3/c1-21-8-7-19(15-9-14(17)10-18-11-15)16(20)22-12-13-5-3-2-4-6-13/h2-6,9-11H,7-8,12H2,1H3. The summed E-state index contributed by atoms with van der Waals surface area (Å²) in [5, 5.41) is 0. The lowest BCUT2D eigenvalue weighted by Gasteiger charge is -2.21. The van der Waals surface area contributed by atoms with E-state index in [0.717, 1.165) is 10.0 Å². The summed E-state index contributed by atoms with van der Waals surface area (Å²) in [5.74, 6) is 0. The molecule has 0 radical (unpaired) electrons. The number of carbonyl (C=O) groups excluding carboxylic acids is 1. The van der Waals surface area contributed by atoms with Gasteiger partial charge in [0.25, 0.3) is 0 Å². The van der Waals surface area contributed by atoms with E-state index in [1.54, 1.807) is 19.5 Å². The maximum Gasteiger partial charge on any atom is 0.414 e. The Morgan fingerprint density at radius 1 is 1.27 bits per heavy atom. The number of halogens is 1. The van der Waals surface area contributed by atoms with E-state index in [4.69, 9.17) is 9.47 Å². The first-order chi connectivity index (χ1) is 10.7. The minimum Gasteiger partial charge on any atom is -0.444 e. The Morgan fingerprint density at radius 3 is 2.73 bits per heavy atom. The summed E-state index contributed by atoms with van der Waals surface area (Å²) >= 11 is 3.35. The lowest BCUT2D eigenvalue weighted by Crippen LogP contribution is -2.34. The van der Waals surface area contributed by atoms with Crippen LogP contribution in [0.25, 0.3) is 0 Å². The van der Waals surface area contributed by atoms with Crippen molar-refractivity contribution in [2.45, 2.75) is 6.61 Å². The minimum absolute atomic E-state index is 0.227. The molecule has 22 heavy (non-hydrogen) atoms. The molecule has 6 heteroatoms. The van der Waals surface area contributed by atoms with Gasteiger partial charge in [-0.3, -0.25) is 9.88 Å². The second kappa shape index (κ2) is 8.51. The van der Waals surface area contributed by atoms with Crippen molar-refractivity contribution >= 4 is 27.7 Å². The van der Waals surface area contributed by atoms with Gasteiger partial charge in [0.1, 0.15) is 6.61 Å². The summed E-state index contributed by atoms with van der Waals surface area (Å²) in [6.45, 7) is 1.03. The van der Waals surface area contributed by atoms with Gasteiger partial charge in [0.15, 0.2) is 0 Å². The Labute approximate surface area is 138 Å². The van der Waals surface area contributed by atoms with Crippen molar-refractivity contribution in [1.29, 1.82) is 0 Å². The second-order valence-electron chi connectivity index (χ2n) is 4.55. The highest BCUT2D eigenvalue weighted by molar-refractivity contribution is 9.10. The van der Waals surface area contributed by atoms with Crippen LogP contribution in [0.1, 0.15) is 5.56 Å². The molecule has 0 spiro atoms. The monoisotopic (exact) mass is 364 g/mol. The zero-order valence-corrected chi connectivity index (χ0v) is 13.8. The van der Waals surface area contributed by atoms with Gasteiger partial charge in [-0.05, 0) is 27.6 Å². The van der Waals surface area contributed by atoms with E-state index in [9.17, 15) is 4.79 Å². The van der Waals surface area contributed by atoms with Crippen LogP contribution in [0.4, 0.5) is 10.5 Å². The van der Waals surface area contributed by atoms with E-state index in [2.05, 4.69) is 20.9 Å². The molecule has 1 aromatic heterocycles. The van der Waals surface area contributed by atoms with E-state index >= 15 is 0 Å². The summed E-state index contributed by atoms with van der Waals surface area (Å²) in [5.41, 5.74) is 1.60. The van der Waals surface area contributed by atoms with E-state index in [-0.39, 0.29) is 6.61 Å². The Kier molecular flexibility index (Phi) is 6.36. The molecular formula is C16H17BrN2O3. The third-order valence-corrected chi connectivity index (χ3v) is 3.38. The number of nitrogens with zero attached hydrogens (tertiary/aromatic N) is 2. The molecule has 0 saturated heterocycles. The van der Waals surface area contributed by atoms with Crippen molar-refractivity contribution in [3.05, 3.63) is 58.8 Å². The maximum atomic E-state index is 12.3. The molecule has 0 bridgehead atoms. The van der Waals surface area contributed by atoms with Gasteiger partial charge in [-0.25, -0.2) is 4.79 Å². The van der Waals surface area contributed by atoms with Gasteiger partial charge in [0.2, 0.25) is 0 Å². The van der Waals surface area contributed by atoms with Gasteiger partial charge in [-0.2, -0.15) is 0 Å². The van der Waals surface area contributed by atoms with Gasteiger partial charge in [0.05, 0.1) is 25.0 Å². The Balaban J connectivity index is 2.06. The van der Waals surface area contributed by atoms with E-state index in [1.165, 1.54) is 4.90 Å². The van der Waals surface area contributed by atoms with Gasteiger partial charge < -0.3 is 9.47 Å². The third kappa shape index (κ3) is 4.82. The van der Waals surface area contributed by atoms with Gasteiger partial charge in [-0.15, -0.1) is 0 Å². The highest BCUT2D eigenvalue weighted by Gasteiger charge is 2.17. The highest BCUT2D eigenvalue weighted by Crippen LogP contribution is 2.19. The Bertz CT molecular complexity index is 607. The quantitative estimate of drug-likeness (QED) is 0.785. The van der Waals surface area contributed by atoms with Gasteiger partial charge >= 0.3 is 6.09 Å². The van der Waals surface area contributed by atoms with Crippen molar-refractivity contribution < 1.29 is 14.3 Å². The van der Waals surface area contributed by atoms with Crippen molar-refractivity contribution in [2.24, 2.45) is 0 Å². The molecule has 0 aliphatic rings. The van der Waals surface area contributed by atoms with Crippen LogP contribution in [0, 0.1) is 0 Å². The molecule has 0 fully saturated rings. The normalized spacial score (nSPS) is 10.3. The third-order valence-electron chi connectivity index (χ3n) is 2.95. The second-order valence-corrected chi connectivity index (χ2v) is 5.46. The Morgan fingerprint density at radius 2 is 2.05 bits per heavy atom. The molecule has 0 aliphatic heterocycles. The number of hydrogen-bond acceptors (Lipinski definition) is 4. The maximum absolute atomic E-state index is 12.3. The smallest absolute Gasteiger partial charge is 0.414 e. The minimum atomic E-state index is -0.430. The fourth-order valence-corrected chi connectivity index (χ4v) is 2.21. The van der Waals surface area contributed by atoms with Crippen molar-refractivity contribution in [3.8, 4) is 0 Å². The molecule has 2 aromatic rings. The lowest BCUT2D eigenvalue weighted by molar-refractivity contribution is 0.142. The van der Waals surface area contributed by atoms with Gasteiger partial charge in [-0.1, -0.05) is 30.3 Å². The van der Waals surface area contributed by atoms with Crippen LogP contribution in [0.3, 0.4) is 0 Å². The van der Waals surface area contributed by atoms with Crippen molar-refractivity contribution in [2.75, 3.05) is 25.2 Å². The predicted molar refractivity (Wildman–Crippen MR) is 87.8 cm³/mol. The number of ether oxygens (including phenoxy) is 2. The highest BCUT2D eigenvalue weighted by atomic mass is 79.9. The summed E-state index contributed by atoms with van der Waals surface area (Å²) < 4.78 is 11.2. The van der Waals surface area contributed by atoms with Crippen LogP contribution in [-0.2, 0) is 16.1 Å². The zero-order chi connectivity index (χ0) is 15.8. The number of benzene rings is 1. The van der Waals surface area contributed by atoms with Crippen molar-refractivity contribution in [1.82, 2.24) is 4.98 Å². The molecule has 2 rings (SSSR count). The molecule has 0 aliphatic carbocycles. The van der Waals surface area contributed by atoms with Crippen LogP contribution < -0.4 is 4.90 Å².